The van der Waals surface area contributed by atoms with Crippen molar-refractivity contribution < 1.29 is 15.0 Å². The lowest BCUT2D eigenvalue weighted by molar-refractivity contribution is 0.0696. The Kier molecular flexibility index (Phi) is 4.20. The maximum absolute atomic E-state index is 10.8. The van der Waals surface area contributed by atoms with Crippen molar-refractivity contribution in [2.45, 2.75) is 31.8 Å². The Balaban J connectivity index is 1.93. The van der Waals surface area contributed by atoms with Gasteiger partial charge in [-0.15, -0.1) is 0 Å². The summed E-state index contributed by atoms with van der Waals surface area (Å²) in [5, 5.41) is 22.0. The Morgan fingerprint density at radius 1 is 1.33 bits per heavy atom. The predicted molar refractivity (Wildman–Crippen MR) is 69.9 cm³/mol. The van der Waals surface area contributed by atoms with Crippen LogP contribution in [0.2, 0.25) is 0 Å². The molecule has 3 N–H and O–H groups in total. The normalized spacial score (nSPS) is 23.6. The monoisotopic (exact) mass is 249 g/mol. The fraction of sp³-hybridized carbons (Fsp3) is 0.500. The summed E-state index contributed by atoms with van der Waals surface area (Å²) in [6, 6.07) is 6.77. The molecular formula is C14H19NO3. The molecule has 4 heteroatoms. The van der Waals surface area contributed by atoms with Crippen LogP contribution in [-0.2, 0) is 0 Å². The van der Waals surface area contributed by atoms with E-state index < -0.39 is 5.97 Å². The molecular weight excluding hydrogens is 230 g/mol. The van der Waals surface area contributed by atoms with E-state index in [4.69, 9.17) is 5.11 Å². The first-order chi connectivity index (χ1) is 8.66. The van der Waals surface area contributed by atoms with Gasteiger partial charge in [-0.2, -0.15) is 0 Å². The number of aromatic carboxylic acids is 1. The Labute approximate surface area is 107 Å². The van der Waals surface area contributed by atoms with Crippen molar-refractivity contribution in [3.05, 3.63) is 29.8 Å². The van der Waals surface area contributed by atoms with Crippen molar-refractivity contribution in [1.82, 2.24) is 0 Å². The van der Waals surface area contributed by atoms with E-state index in [1.54, 1.807) is 18.2 Å². The number of hydrogen-bond donors (Lipinski definition) is 3. The second-order valence-corrected chi connectivity index (χ2v) is 4.88. The maximum Gasteiger partial charge on any atom is 0.335 e. The average Bonchev–Trinajstić information content (AvgIpc) is 2.38. The summed E-state index contributed by atoms with van der Waals surface area (Å²) in [6.07, 6.45) is 3.95. The van der Waals surface area contributed by atoms with Crippen molar-refractivity contribution in [3.63, 3.8) is 0 Å². The summed E-state index contributed by atoms with van der Waals surface area (Å²) < 4.78 is 0. The van der Waals surface area contributed by atoms with Crippen molar-refractivity contribution in [2.75, 3.05) is 11.9 Å². The topological polar surface area (TPSA) is 69.6 Å². The highest BCUT2D eigenvalue weighted by molar-refractivity contribution is 5.88. The molecule has 98 valence electrons. The number of carboxylic acids is 1. The first-order valence-electron chi connectivity index (χ1n) is 6.42. The molecule has 0 amide bonds. The summed E-state index contributed by atoms with van der Waals surface area (Å²) >= 11 is 0. The zero-order valence-corrected chi connectivity index (χ0v) is 10.3. The fourth-order valence-corrected chi connectivity index (χ4v) is 2.44. The van der Waals surface area contributed by atoms with Crippen LogP contribution < -0.4 is 5.32 Å². The fourth-order valence-electron chi connectivity index (χ4n) is 2.44. The van der Waals surface area contributed by atoms with Gasteiger partial charge in [0.05, 0.1) is 11.7 Å². The lowest BCUT2D eigenvalue weighted by Gasteiger charge is -2.28. The number of benzene rings is 1. The smallest absolute Gasteiger partial charge is 0.335 e. The van der Waals surface area contributed by atoms with Gasteiger partial charge in [0, 0.05) is 18.2 Å². The van der Waals surface area contributed by atoms with E-state index in [9.17, 15) is 9.90 Å². The van der Waals surface area contributed by atoms with Crippen LogP contribution in [0.3, 0.4) is 0 Å². The molecule has 2 atom stereocenters. The molecule has 1 aliphatic rings. The highest BCUT2D eigenvalue weighted by Crippen LogP contribution is 2.24. The SMILES string of the molecule is O=C(O)c1cccc(NCC2CCCCC2O)c1. The molecule has 1 aliphatic carbocycles. The number of aliphatic hydroxyl groups excluding tert-OH is 1. The Morgan fingerprint density at radius 3 is 2.83 bits per heavy atom. The van der Waals surface area contributed by atoms with Crippen LogP contribution in [0.15, 0.2) is 24.3 Å². The molecule has 0 saturated heterocycles. The summed E-state index contributed by atoms with van der Waals surface area (Å²) in [7, 11) is 0. The minimum Gasteiger partial charge on any atom is -0.478 e. The lowest BCUT2D eigenvalue weighted by atomic mass is 9.86. The van der Waals surface area contributed by atoms with Crippen LogP contribution >= 0.6 is 0 Å². The van der Waals surface area contributed by atoms with Crippen molar-refractivity contribution in [1.29, 1.82) is 0 Å². The van der Waals surface area contributed by atoms with E-state index in [-0.39, 0.29) is 17.6 Å². The third-order valence-corrected chi connectivity index (χ3v) is 3.55. The van der Waals surface area contributed by atoms with Crippen molar-refractivity contribution in [3.8, 4) is 0 Å². The van der Waals surface area contributed by atoms with Crippen LogP contribution in [0, 0.1) is 5.92 Å². The van der Waals surface area contributed by atoms with Gasteiger partial charge in [-0.1, -0.05) is 18.9 Å². The van der Waals surface area contributed by atoms with Gasteiger partial charge in [0.2, 0.25) is 0 Å². The summed E-state index contributed by atoms with van der Waals surface area (Å²) in [6.45, 7) is 0.699. The molecule has 0 heterocycles. The third-order valence-electron chi connectivity index (χ3n) is 3.55. The molecule has 1 fully saturated rings. The van der Waals surface area contributed by atoms with Gasteiger partial charge in [0.15, 0.2) is 0 Å². The third kappa shape index (κ3) is 3.23. The van der Waals surface area contributed by atoms with E-state index in [2.05, 4.69) is 5.32 Å². The van der Waals surface area contributed by atoms with Gasteiger partial charge in [0.25, 0.3) is 0 Å². The molecule has 0 aliphatic heterocycles. The van der Waals surface area contributed by atoms with E-state index >= 15 is 0 Å². The Bertz CT molecular complexity index is 419. The highest BCUT2D eigenvalue weighted by Gasteiger charge is 2.22. The first kappa shape index (κ1) is 12.9. The molecule has 1 aromatic carbocycles. The summed E-state index contributed by atoms with van der Waals surface area (Å²) in [5.41, 5.74) is 1.08. The minimum atomic E-state index is -0.920. The molecule has 1 saturated carbocycles. The predicted octanol–water partition coefficient (Wildman–Crippen LogP) is 2.35. The van der Waals surface area contributed by atoms with Crippen LogP contribution in [0.4, 0.5) is 5.69 Å². The largest absolute Gasteiger partial charge is 0.478 e. The minimum absolute atomic E-state index is 0.228. The standard InChI is InChI=1S/C14H19NO3/c16-13-7-2-1-4-11(13)9-15-12-6-3-5-10(8-12)14(17)18/h3,5-6,8,11,13,15-16H,1-2,4,7,9H2,(H,17,18). The van der Waals surface area contributed by atoms with Gasteiger partial charge in [0.1, 0.15) is 0 Å². The molecule has 2 rings (SSSR count). The summed E-state index contributed by atoms with van der Waals surface area (Å²) in [5.74, 6) is -0.649. The van der Waals surface area contributed by atoms with Crippen molar-refractivity contribution >= 4 is 11.7 Å². The van der Waals surface area contributed by atoms with Gasteiger partial charge in [-0.25, -0.2) is 4.79 Å². The zero-order chi connectivity index (χ0) is 13.0. The van der Waals surface area contributed by atoms with Crippen LogP contribution in [-0.4, -0.2) is 28.8 Å². The number of rotatable bonds is 4. The van der Waals surface area contributed by atoms with Gasteiger partial charge in [-0.05, 0) is 31.0 Å². The number of nitrogens with one attached hydrogen (secondary N) is 1. The van der Waals surface area contributed by atoms with E-state index in [0.29, 0.717) is 6.54 Å². The lowest BCUT2D eigenvalue weighted by Crippen LogP contribution is -2.30. The average molecular weight is 249 g/mol. The molecule has 0 bridgehead atoms. The van der Waals surface area contributed by atoms with Crippen LogP contribution in [0.1, 0.15) is 36.0 Å². The van der Waals surface area contributed by atoms with E-state index in [0.717, 1.165) is 24.9 Å². The first-order valence-corrected chi connectivity index (χ1v) is 6.42. The van der Waals surface area contributed by atoms with E-state index in [1.807, 2.05) is 6.07 Å². The number of anilines is 1. The molecule has 0 radical (unpaired) electrons. The number of hydrogen-bond acceptors (Lipinski definition) is 3. The maximum atomic E-state index is 10.8. The zero-order valence-electron chi connectivity index (χ0n) is 10.3. The Morgan fingerprint density at radius 2 is 2.11 bits per heavy atom. The van der Waals surface area contributed by atoms with Gasteiger partial charge in [-0.3, -0.25) is 0 Å². The molecule has 4 nitrogen and oxygen atoms in total. The van der Waals surface area contributed by atoms with Crippen molar-refractivity contribution in [2.24, 2.45) is 5.92 Å². The van der Waals surface area contributed by atoms with Gasteiger partial charge >= 0.3 is 5.97 Å². The Hall–Kier alpha value is -1.55. The second-order valence-electron chi connectivity index (χ2n) is 4.88. The molecule has 1 aromatic rings. The number of carbonyl (C=O) groups is 1. The number of carboxylic acid groups (broad SMARTS) is 1. The van der Waals surface area contributed by atoms with Crippen LogP contribution in [0.5, 0.6) is 0 Å². The molecule has 0 spiro atoms. The van der Waals surface area contributed by atoms with E-state index in [1.165, 1.54) is 6.42 Å². The quantitative estimate of drug-likeness (QED) is 0.766. The highest BCUT2D eigenvalue weighted by atomic mass is 16.4. The molecule has 18 heavy (non-hydrogen) atoms. The summed E-state index contributed by atoms with van der Waals surface area (Å²) in [4.78, 5) is 10.8. The molecule has 2 unspecified atom stereocenters. The number of aliphatic hydroxyl groups is 1. The second kappa shape index (κ2) is 5.87. The van der Waals surface area contributed by atoms with Crippen LogP contribution in [0.25, 0.3) is 0 Å². The van der Waals surface area contributed by atoms with Gasteiger partial charge < -0.3 is 15.5 Å². The molecule has 0 aromatic heterocycles.